The molecule has 6 atom stereocenters. The van der Waals surface area contributed by atoms with E-state index in [0.717, 1.165) is 6.42 Å². The van der Waals surface area contributed by atoms with Gasteiger partial charge in [0.25, 0.3) is 0 Å². The van der Waals surface area contributed by atoms with Gasteiger partial charge in [0.1, 0.15) is 5.75 Å². The number of allylic oxidation sites excluding steroid dienone is 2. The summed E-state index contributed by atoms with van der Waals surface area (Å²) in [5, 5.41) is 2.80. The molecule has 5 aliphatic rings. The van der Waals surface area contributed by atoms with E-state index in [9.17, 15) is 14.4 Å². The van der Waals surface area contributed by atoms with Crippen LogP contribution in [0.1, 0.15) is 12.8 Å². The number of hydrogen-bond donors (Lipinski definition) is 1. The molecule has 6 heteroatoms. The Labute approximate surface area is 157 Å². The molecular weight excluding hydrogens is 344 g/mol. The van der Waals surface area contributed by atoms with E-state index in [-0.39, 0.29) is 54.4 Å². The maximum atomic E-state index is 12.9. The summed E-state index contributed by atoms with van der Waals surface area (Å²) in [5.41, 5.74) is 0.663. The topological polar surface area (TPSA) is 75.7 Å². The number of hydrogen-bond acceptors (Lipinski definition) is 4. The van der Waals surface area contributed by atoms with E-state index in [1.807, 2.05) is 0 Å². The fourth-order valence-corrected chi connectivity index (χ4v) is 5.35. The van der Waals surface area contributed by atoms with Crippen LogP contribution in [-0.4, -0.2) is 36.3 Å². The maximum Gasteiger partial charge on any atom is 0.233 e. The number of ether oxygens (including phenoxy) is 1. The standard InChI is InChI=1S/C21H22N2O4/c1-27-12-4-2-11(3-5-12)22-17(24)8-9-23-20(25)18-13-6-7-14(16-10-15(13)16)19(18)21(23)26/h2-7,13-16,18-19H,8-10H2,1H3,(H,22,24)/t13-,14-,15-,16-,18+,19+/m0/s1. The molecule has 1 aliphatic heterocycles. The molecular formula is C21H22N2O4. The van der Waals surface area contributed by atoms with Crippen LogP contribution in [0.25, 0.3) is 0 Å². The monoisotopic (exact) mass is 366 g/mol. The van der Waals surface area contributed by atoms with Crippen LogP contribution in [0.2, 0.25) is 0 Å². The molecule has 2 bridgehead atoms. The summed E-state index contributed by atoms with van der Waals surface area (Å²) in [5.74, 6) is 1.59. The van der Waals surface area contributed by atoms with Crippen molar-refractivity contribution in [3.8, 4) is 5.75 Å². The average molecular weight is 366 g/mol. The molecule has 140 valence electrons. The van der Waals surface area contributed by atoms with Crippen molar-refractivity contribution in [1.82, 2.24) is 4.90 Å². The number of benzene rings is 1. The van der Waals surface area contributed by atoms with Crippen molar-refractivity contribution < 1.29 is 19.1 Å². The lowest BCUT2D eigenvalue weighted by Crippen LogP contribution is -2.40. The van der Waals surface area contributed by atoms with E-state index in [0.29, 0.717) is 23.3 Å². The number of carbonyl (C=O) groups is 3. The van der Waals surface area contributed by atoms with Gasteiger partial charge < -0.3 is 10.1 Å². The Morgan fingerprint density at radius 2 is 1.67 bits per heavy atom. The van der Waals surface area contributed by atoms with Gasteiger partial charge in [-0.25, -0.2) is 0 Å². The summed E-state index contributed by atoms with van der Waals surface area (Å²) in [7, 11) is 1.58. The molecule has 1 aromatic rings. The highest BCUT2D eigenvalue weighted by Gasteiger charge is 2.66. The smallest absolute Gasteiger partial charge is 0.233 e. The molecule has 0 aromatic heterocycles. The molecule has 3 amide bonds. The lowest BCUT2D eigenvalue weighted by molar-refractivity contribution is -0.140. The predicted molar refractivity (Wildman–Crippen MR) is 97.7 cm³/mol. The van der Waals surface area contributed by atoms with Gasteiger partial charge in [0.15, 0.2) is 0 Å². The van der Waals surface area contributed by atoms with Crippen molar-refractivity contribution in [2.75, 3.05) is 19.0 Å². The number of rotatable bonds is 5. The Hall–Kier alpha value is -2.63. The van der Waals surface area contributed by atoms with Crippen LogP contribution in [0, 0.1) is 35.5 Å². The normalized spacial score (nSPS) is 35.1. The zero-order valence-corrected chi connectivity index (χ0v) is 15.1. The van der Waals surface area contributed by atoms with E-state index < -0.39 is 0 Å². The quantitative estimate of drug-likeness (QED) is 0.639. The minimum absolute atomic E-state index is 0.0769. The van der Waals surface area contributed by atoms with Gasteiger partial charge in [-0.1, -0.05) is 12.2 Å². The first kappa shape index (κ1) is 16.5. The molecule has 0 spiro atoms. The van der Waals surface area contributed by atoms with Crippen LogP contribution in [-0.2, 0) is 14.4 Å². The number of nitrogens with zero attached hydrogens (tertiary/aromatic N) is 1. The average Bonchev–Trinajstić information content (AvgIpc) is 3.46. The first-order valence-corrected chi connectivity index (χ1v) is 9.56. The van der Waals surface area contributed by atoms with Crippen molar-refractivity contribution >= 4 is 23.4 Å². The summed E-state index contributed by atoms with van der Waals surface area (Å²) in [6, 6.07) is 7.05. The lowest BCUT2D eigenvalue weighted by atomic mass is 9.63. The van der Waals surface area contributed by atoms with Crippen LogP contribution >= 0.6 is 0 Å². The Kier molecular flexibility index (Phi) is 3.64. The van der Waals surface area contributed by atoms with Crippen LogP contribution in [0.15, 0.2) is 36.4 Å². The van der Waals surface area contributed by atoms with Crippen molar-refractivity contribution in [1.29, 1.82) is 0 Å². The van der Waals surface area contributed by atoms with Gasteiger partial charge in [-0.2, -0.15) is 0 Å². The van der Waals surface area contributed by atoms with Crippen molar-refractivity contribution in [3.63, 3.8) is 0 Å². The molecule has 6 nitrogen and oxygen atoms in total. The first-order valence-electron chi connectivity index (χ1n) is 9.56. The minimum atomic E-state index is -0.209. The highest BCUT2D eigenvalue weighted by Crippen LogP contribution is 2.65. The molecule has 3 fully saturated rings. The highest BCUT2D eigenvalue weighted by atomic mass is 16.5. The van der Waals surface area contributed by atoms with Gasteiger partial charge >= 0.3 is 0 Å². The Morgan fingerprint density at radius 1 is 1.07 bits per heavy atom. The zero-order chi connectivity index (χ0) is 18.7. The van der Waals surface area contributed by atoms with Gasteiger partial charge in [-0.05, 0) is 54.4 Å². The molecule has 27 heavy (non-hydrogen) atoms. The summed E-state index contributed by atoms with van der Waals surface area (Å²) >= 11 is 0. The van der Waals surface area contributed by atoms with Gasteiger partial charge in [-0.3, -0.25) is 19.3 Å². The molecule has 1 N–H and O–H groups in total. The summed E-state index contributed by atoms with van der Waals surface area (Å²) in [4.78, 5) is 39.3. The second kappa shape index (κ2) is 5.94. The molecule has 1 heterocycles. The number of likely N-dealkylation sites (tertiary alicyclic amines) is 1. The van der Waals surface area contributed by atoms with Gasteiger partial charge in [0, 0.05) is 18.7 Å². The number of methoxy groups -OCH3 is 1. The zero-order valence-electron chi connectivity index (χ0n) is 15.1. The highest BCUT2D eigenvalue weighted by molar-refractivity contribution is 6.06. The maximum absolute atomic E-state index is 12.9. The van der Waals surface area contributed by atoms with Crippen LogP contribution < -0.4 is 10.1 Å². The summed E-state index contributed by atoms with van der Waals surface area (Å²) in [6.07, 6.45) is 5.58. The Morgan fingerprint density at radius 3 is 2.22 bits per heavy atom. The second-order valence-electron chi connectivity index (χ2n) is 8.01. The molecule has 0 unspecified atom stereocenters. The van der Waals surface area contributed by atoms with Crippen LogP contribution in [0.4, 0.5) is 5.69 Å². The van der Waals surface area contributed by atoms with E-state index >= 15 is 0 Å². The van der Waals surface area contributed by atoms with Crippen LogP contribution in [0.3, 0.4) is 0 Å². The number of amides is 3. The number of nitrogens with one attached hydrogen (secondary N) is 1. The molecule has 1 aromatic carbocycles. The SMILES string of the molecule is COc1ccc(NC(=O)CCN2C(=O)[C@@H]3[C@H]4C=C[C@@H]([C@@H]5C[C@@H]45)[C@H]3C2=O)cc1. The third-order valence-electron chi connectivity index (χ3n) is 6.69. The fourth-order valence-electron chi connectivity index (χ4n) is 5.35. The number of imide groups is 1. The van der Waals surface area contributed by atoms with Crippen molar-refractivity contribution in [3.05, 3.63) is 36.4 Å². The number of carbonyl (C=O) groups excluding carboxylic acids is 3. The van der Waals surface area contributed by atoms with Gasteiger partial charge in [-0.15, -0.1) is 0 Å². The van der Waals surface area contributed by atoms with Crippen molar-refractivity contribution in [2.24, 2.45) is 35.5 Å². The molecule has 4 aliphatic carbocycles. The fraction of sp³-hybridized carbons (Fsp3) is 0.476. The van der Waals surface area contributed by atoms with Gasteiger partial charge in [0.05, 0.1) is 18.9 Å². The molecule has 1 saturated heterocycles. The summed E-state index contributed by atoms with van der Waals surface area (Å²) < 4.78 is 5.09. The Bertz CT molecular complexity index is 810. The lowest BCUT2D eigenvalue weighted by Gasteiger charge is -2.37. The molecule has 0 radical (unpaired) electrons. The Balaban J connectivity index is 1.22. The van der Waals surface area contributed by atoms with E-state index in [1.54, 1.807) is 31.4 Å². The van der Waals surface area contributed by atoms with Gasteiger partial charge in [0.2, 0.25) is 17.7 Å². The molecule has 2 saturated carbocycles. The summed E-state index contributed by atoms with van der Waals surface area (Å²) in [6.45, 7) is 0.154. The predicted octanol–water partition coefficient (Wildman–Crippen LogP) is 2.08. The third kappa shape index (κ3) is 2.50. The number of anilines is 1. The van der Waals surface area contributed by atoms with Crippen LogP contribution in [0.5, 0.6) is 5.75 Å². The van der Waals surface area contributed by atoms with Crippen molar-refractivity contribution in [2.45, 2.75) is 12.8 Å². The largest absolute Gasteiger partial charge is 0.497 e. The minimum Gasteiger partial charge on any atom is -0.497 e. The van der Waals surface area contributed by atoms with E-state index in [2.05, 4.69) is 17.5 Å². The third-order valence-corrected chi connectivity index (χ3v) is 6.69. The first-order chi connectivity index (χ1) is 13.1. The molecule has 6 rings (SSSR count). The van der Waals surface area contributed by atoms with E-state index in [4.69, 9.17) is 4.74 Å². The van der Waals surface area contributed by atoms with E-state index in [1.165, 1.54) is 4.90 Å². The second-order valence-corrected chi connectivity index (χ2v) is 8.01.